The molecule has 0 aliphatic heterocycles. The number of ether oxygens (including phenoxy) is 1. The van der Waals surface area contributed by atoms with Crippen LogP contribution in [0.5, 0.6) is 5.75 Å². The van der Waals surface area contributed by atoms with Gasteiger partial charge in [0.1, 0.15) is 5.75 Å². The second kappa shape index (κ2) is 4.08. The number of hydrogen-bond acceptors (Lipinski definition) is 2. The summed E-state index contributed by atoms with van der Waals surface area (Å²) in [4.78, 5) is 0.354. The summed E-state index contributed by atoms with van der Waals surface area (Å²) in [5, 5.41) is 0. The van der Waals surface area contributed by atoms with E-state index in [4.69, 9.17) is 0 Å². The maximum Gasteiger partial charge on any atom is 0.461 e. The Morgan fingerprint density at radius 1 is 1.29 bits per heavy atom. The average Bonchev–Trinajstić information content (AvgIpc) is 2.02. The molecule has 78 valence electrons. The number of hydrogen-bond donors (Lipinski definition) is 1. The molecule has 0 fully saturated rings. The van der Waals surface area contributed by atoms with Crippen LogP contribution in [0.2, 0.25) is 0 Å². The lowest BCUT2D eigenvalue weighted by Crippen LogP contribution is -2.33. The van der Waals surface area contributed by atoms with E-state index in [-0.39, 0.29) is 5.75 Å². The van der Waals surface area contributed by atoms with Gasteiger partial charge in [-0.15, -0.1) is 12.6 Å². The molecule has 0 bridgehead atoms. The Morgan fingerprint density at radius 3 is 2.43 bits per heavy atom. The van der Waals surface area contributed by atoms with Gasteiger partial charge in [0.05, 0.1) is 0 Å². The van der Waals surface area contributed by atoms with Crippen molar-refractivity contribution in [3.05, 3.63) is 24.3 Å². The zero-order valence-corrected chi connectivity index (χ0v) is 7.65. The molecule has 14 heavy (non-hydrogen) atoms. The predicted octanol–water partition coefficient (Wildman–Crippen LogP) is 3.21. The Bertz CT molecular complexity index is 316. The van der Waals surface area contributed by atoms with Crippen molar-refractivity contribution < 1.29 is 22.3 Å². The summed E-state index contributed by atoms with van der Waals surface area (Å²) >= 11 is 3.84. The van der Waals surface area contributed by atoms with Gasteiger partial charge in [0.2, 0.25) is 0 Å². The monoisotopic (exact) mass is 226 g/mol. The number of halogens is 4. The SMILES string of the molecule is FC(F)C(F)(F)Oc1cccc(S)c1. The van der Waals surface area contributed by atoms with Gasteiger partial charge in [-0.1, -0.05) is 6.07 Å². The van der Waals surface area contributed by atoms with Crippen LogP contribution in [0.3, 0.4) is 0 Å². The molecule has 0 spiro atoms. The summed E-state index contributed by atoms with van der Waals surface area (Å²) in [5.74, 6) is -0.345. The van der Waals surface area contributed by atoms with Crippen molar-refractivity contribution in [2.45, 2.75) is 17.4 Å². The first-order valence-electron chi connectivity index (χ1n) is 3.56. The van der Waals surface area contributed by atoms with Crippen molar-refractivity contribution in [2.24, 2.45) is 0 Å². The molecule has 6 heteroatoms. The van der Waals surface area contributed by atoms with Crippen LogP contribution in [0.1, 0.15) is 0 Å². The van der Waals surface area contributed by atoms with Crippen molar-refractivity contribution in [3.63, 3.8) is 0 Å². The minimum atomic E-state index is -4.47. The number of alkyl halides is 4. The van der Waals surface area contributed by atoms with Gasteiger partial charge in [-0.3, -0.25) is 0 Å². The van der Waals surface area contributed by atoms with Crippen LogP contribution in [0.4, 0.5) is 17.6 Å². The first-order valence-corrected chi connectivity index (χ1v) is 4.00. The summed E-state index contributed by atoms with van der Waals surface area (Å²) in [7, 11) is 0. The van der Waals surface area contributed by atoms with Crippen molar-refractivity contribution in [1.82, 2.24) is 0 Å². The van der Waals surface area contributed by atoms with Crippen LogP contribution in [0.25, 0.3) is 0 Å². The fourth-order valence-electron chi connectivity index (χ4n) is 0.749. The van der Waals surface area contributed by atoms with Gasteiger partial charge >= 0.3 is 12.5 Å². The molecule has 0 radical (unpaired) electrons. The maximum atomic E-state index is 12.4. The summed E-state index contributed by atoms with van der Waals surface area (Å²) in [5.41, 5.74) is 0. The molecule has 0 aliphatic carbocycles. The molecule has 0 N–H and O–H groups in total. The molecule has 0 heterocycles. The van der Waals surface area contributed by atoms with E-state index in [2.05, 4.69) is 17.4 Å². The Kier molecular flexibility index (Phi) is 3.25. The van der Waals surface area contributed by atoms with Crippen molar-refractivity contribution in [3.8, 4) is 5.75 Å². The highest BCUT2D eigenvalue weighted by atomic mass is 32.1. The van der Waals surface area contributed by atoms with Gasteiger partial charge in [0, 0.05) is 4.90 Å². The molecule has 0 atom stereocenters. The molecular weight excluding hydrogens is 220 g/mol. The Labute approximate surface area is 83.1 Å². The van der Waals surface area contributed by atoms with Crippen LogP contribution in [-0.4, -0.2) is 12.5 Å². The third kappa shape index (κ3) is 2.80. The fourth-order valence-corrected chi connectivity index (χ4v) is 0.962. The third-order valence-electron chi connectivity index (χ3n) is 1.33. The van der Waals surface area contributed by atoms with E-state index in [1.807, 2.05) is 0 Å². The van der Waals surface area contributed by atoms with Crippen molar-refractivity contribution >= 4 is 12.6 Å². The van der Waals surface area contributed by atoms with E-state index < -0.39 is 12.5 Å². The Balaban J connectivity index is 2.78. The minimum Gasteiger partial charge on any atom is -0.428 e. The standard InChI is InChI=1S/C8H6F4OS/c9-7(10)8(11,12)13-5-2-1-3-6(14)4-5/h1-4,7,14H. The second-order valence-electron chi connectivity index (χ2n) is 2.46. The highest BCUT2D eigenvalue weighted by molar-refractivity contribution is 7.80. The average molecular weight is 226 g/mol. The number of rotatable bonds is 3. The van der Waals surface area contributed by atoms with Gasteiger partial charge in [0.25, 0.3) is 0 Å². The summed E-state index contributed by atoms with van der Waals surface area (Å²) in [6, 6.07) is 5.16. The molecule has 1 aromatic rings. The predicted molar refractivity (Wildman–Crippen MR) is 45.3 cm³/mol. The van der Waals surface area contributed by atoms with Crippen LogP contribution < -0.4 is 4.74 Å². The fraction of sp³-hybridized carbons (Fsp3) is 0.250. The molecule has 0 saturated carbocycles. The second-order valence-corrected chi connectivity index (χ2v) is 2.98. The van der Waals surface area contributed by atoms with Crippen LogP contribution >= 0.6 is 12.6 Å². The Morgan fingerprint density at radius 2 is 1.93 bits per heavy atom. The summed E-state index contributed by atoms with van der Waals surface area (Å²) in [6.07, 6.45) is -8.33. The lowest BCUT2D eigenvalue weighted by molar-refractivity contribution is -0.253. The molecule has 1 nitrogen and oxygen atoms in total. The quantitative estimate of drug-likeness (QED) is 0.615. The molecule has 0 aliphatic rings. The van der Waals surface area contributed by atoms with Crippen molar-refractivity contribution in [1.29, 1.82) is 0 Å². The molecule has 0 saturated heterocycles. The summed E-state index contributed by atoms with van der Waals surface area (Å²) < 4.78 is 52.0. The zero-order chi connectivity index (χ0) is 10.8. The minimum absolute atomic E-state index is 0.345. The van der Waals surface area contributed by atoms with Crippen LogP contribution in [0, 0.1) is 0 Å². The van der Waals surface area contributed by atoms with Gasteiger partial charge < -0.3 is 4.74 Å². The van der Waals surface area contributed by atoms with Gasteiger partial charge in [0.15, 0.2) is 0 Å². The highest BCUT2D eigenvalue weighted by Gasteiger charge is 2.43. The van der Waals surface area contributed by atoms with Crippen LogP contribution in [0.15, 0.2) is 29.2 Å². The van der Waals surface area contributed by atoms with Gasteiger partial charge in [-0.05, 0) is 18.2 Å². The normalized spacial score (nSPS) is 11.9. The molecular formula is C8H6F4OS. The van der Waals surface area contributed by atoms with Crippen LogP contribution in [-0.2, 0) is 0 Å². The third-order valence-corrected chi connectivity index (χ3v) is 1.60. The highest BCUT2D eigenvalue weighted by Crippen LogP contribution is 2.28. The largest absolute Gasteiger partial charge is 0.461 e. The Hall–Kier alpha value is -0.910. The van der Waals surface area contributed by atoms with E-state index >= 15 is 0 Å². The maximum absolute atomic E-state index is 12.4. The van der Waals surface area contributed by atoms with E-state index in [0.717, 1.165) is 12.1 Å². The molecule has 1 aromatic carbocycles. The topological polar surface area (TPSA) is 9.23 Å². The first-order chi connectivity index (χ1) is 6.42. The van der Waals surface area contributed by atoms with Crippen molar-refractivity contribution in [2.75, 3.05) is 0 Å². The van der Waals surface area contributed by atoms with E-state index in [1.54, 1.807) is 0 Å². The molecule has 0 amide bonds. The molecule has 0 aromatic heterocycles. The lowest BCUT2D eigenvalue weighted by Gasteiger charge is -2.16. The zero-order valence-electron chi connectivity index (χ0n) is 6.75. The van der Waals surface area contributed by atoms with E-state index in [1.165, 1.54) is 12.1 Å². The lowest BCUT2D eigenvalue weighted by atomic mass is 10.3. The first kappa shape index (κ1) is 11.2. The molecule has 1 rings (SSSR count). The number of thiol groups is 1. The van der Waals surface area contributed by atoms with Gasteiger partial charge in [-0.25, -0.2) is 0 Å². The van der Waals surface area contributed by atoms with E-state index in [9.17, 15) is 17.6 Å². The summed E-state index contributed by atoms with van der Waals surface area (Å²) in [6.45, 7) is 0. The van der Waals surface area contributed by atoms with Gasteiger partial charge in [-0.2, -0.15) is 17.6 Å². The molecule has 0 unspecified atom stereocenters. The smallest absolute Gasteiger partial charge is 0.428 e. The van der Waals surface area contributed by atoms with E-state index in [0.29, 0.717) is 4.90 Å². The number of benzene rings is 1.